The number of sulfonamides is 2. The fourth-order valence-corrected chi connectivity index (χ4v) is 20.4. The fraction of sp³-hybridized carbons (Fsp3) is 0.316. The summed E-state index contributed by atoms with van der Waals surface area (Å²) in [5.41, 5.74) is 21.4. The number of carbonyl (C=O) groups excluding carboxylic acids is 4. The number of thioether (sulfide) groups is 2. The number of hydrazine groups is 2. The van der Waals surface area contributed by atoms with E-state index in [1.165, 1.54) is 70.2 Å². The van der Waals surface area contributed by atoms with Crippen LogP contribution in [0.1, 0.15) is 89.9 Å². The molecule has 552 valence electrons. The zero-order valence-electron chi connectivity index (χ0n) is 60.7. The molecule has 0 spiro atoms. The van der Waals surface area contributed by atoms with Crippen molar-refractivity contribution in [2.24, 2.45) is 5.73 Å². The summed E-state index contributed by atoms with van der Waals surface area (Å²) in [6.45, 7) is 15.0. The number of ether oxygens (including phenoxy) is 1. The number of hydrogen-bond donors (Lipinski definition) is 6. The molecule has 0 radical (unpaired) electrons. The van der Waals surface area contributed by atoms with Crippen molar-refractivity contribution in [3.63, 3.8) is 0 Å². The second kappa shape index (κ2) is 40.8. The van der Waals surface area contributed by atoms with Gasteiger partial charge in [-0.1, -0.05) is 207 Å². The number of halogens is 2. The predicted molar refractivity (Wildman–Crippen MR) is 429 cm³/mol. The normalized spacial score (nSPS) is 12.2. The number of Topliss-reactive ketones (excluding diaryl/α,β-unsaturated/α-hetero) is 2. The van der Waals surface area contributed by atoms with Gasteiger partial charge in [-0.2, -0.15) is 11.8 Å². The molecular formula is C76H95Br2N9O11S4Si. The fourth-order valence-electron chi connectivity index (χ4n) is 10.9. The molecule has 2 heterocycles. The highest BCUT2D eigenvalue weighted by atomic mass is 79.9. The number of pyridine rings is 2. The Kier molecular flexibility index (Phi) is 34.1. The quantitative estimate of drug-likeness (QED) is 0.0115. The van der Waals surface area contributed by atoms with E-state index in [2.05, 4.69) is 140 Å². The highest BCUT2D eigenvalue weighted by Gasteiger charge is 2.52. The van der Waals surface area contributed by atoms with E-state index in [-0.39, 0.29) is 56.0 Å². The van der Waals surface area contributed by atoms with Gasteiger partial charge in [0.25, 0.3) is 0 Å². The van der Waals surface area contributed by atoms with Gasteiger partial charge in [0.1, 0.15) is 28.3 Å². The van der Waals surface area contributed by atoms with E-state index >= 15 is 0 Å². The highest BCUT2D eigenvalue weighted by molar-refractivity contribution is 9.09. The molecule has 0 bridgehead atoms. The van der Waals surface area contributed by atoms with Gasteiger partial charge in [0.05, 0.1) is 51.7 Å². The lowest BCUT2D eigenvalue weighted by Gasteiger charge is -2.43. The minimum atomic E-state index is -3.70. The molecule has 0 aliphatic heterocycles. The number of aromatic nitrogens is 2. The Hall–Kier alpha value is -7.38. The van der Waals surface area contributed by atoms with Crippen molar-refractivity contribution < 1.29 is 50.3 Å². The number of ketones is 2. The van der Waals surface area contributed by atoms with Gasteiger partial charge in [-0.25, -0.2) is 46.3 Å². The monoisotopic (exact) mass is 1620 g/mol. The molecule has 0 aliphatic carbocycles. The zero-order chi connectivity index (χ0) is 76.3. The molecule has 9 aromatic rings. The number of aromatic hydroxyl groups is 1. The minimum Gasteiger partial charge on any atom is -0.533 e. The SMILES string of the molecule is CBr.CC.CC(=O)NN[C@@H](CSCc1ccc2c(S(=O)(=O)N(C)C)ccc(O)c2n1)C(=O)CN.CCC(=O)[C@H](CSC(c1ccccc1)(c1ccccc1)c1ccc(OC)cc1)NNC(C)=O.CN(C)S(=O)(=O)c1ccc(O[Si](c2ccccc2)(c2ccccc2)C(C)(C)C)c2nc(CBr)ccc12. The minimum absolute atomic E-state index is 0.0426. The number of carbonyl (C=O) groups is 4. The average molecular weight is 1630 g/mol. The molecule has 9 rings (SSSR count). The summed E-state index contributed by atoms with van der Waals surface area (Å²) in [4.78, 5) is 56.6. The van der Waals surface area contributed by atoms with Crippen molar-refractivity contribution in [3.05, 3.63) is 222 Å². The van der Waals surface area contributed by atoms with Crippen LogP contribution < -0.4 is 47.0 Å². The summed E-state index contributed by atoms with van der Waals surface area (Å²) in [5, 5.41) is 13.6. The maximum Gasteiger partial charge on any atom is 0.320 e. The summed E-state index contributed by atoms with van der Waals surface area (Å²) in [7, 11) is -2.73. The first-order valence-corrected chi connectivity index (χ1v) is 42.6. The summed E-state index contributed by atoms with van der Waals surface area (Å²) in [5.74, 6) is 3.47. The molecule has 0 saturated carbocycles. The molecule has 7 aromatic carbocycles. The Labute approximate surface area is 633 Å². The van der Waals surface area contributed by atoms with Crippen LogP contribution in [0.3, 0.4) is 0 Å². The van der Waals surface area contributed by atoms with Gasteiger partial charge in [-0.05, 0) is 98.6 Å². The van der Waals surface area contributed by atoms with Gasteiger partial charge < -0.3 is 20.0 Å². The molecule has 7 N–H and O–H groups in total. The smallest absolute Gasteiger partial charge is 0.320 e. The van der Waals surface area contributed by atoms with Crippen LogP contribution in [0.25, 0.3) is 21.8 Å². The lowest BCUT2D eigenvalue weighted by Crippen LogP contribution is -2.68. The first kappa shape index (κ1) is 86.3. The van der Waals surface area contributed by atoms with Crippen molar-refractivity contribution in [1.29, 1.82) is 0 Å². The Morgan fingerprint density at radius 3 is 1.45 bits per heavy atom. The van der Waals surface area contributed by atoms with Crippen molar-refractivity contribution in [2.45, 2.75) is 105 Å². The maximum atomic E-state index is 13.2. The number of fused-ring (bicyclic) bond motifs is 2. The number of nitrogens with zero attached hydrogens (tertiary/aromatic N) is 4. The molecule has 2 amide bonds. The summed E-state index contributed by atoms with van der Waals surface area (Å²) in [6.07, 6.45) is 0.379. The third-order valence-electron chi connectivity index (χ3n) is 16.1. The number of nitrogens with one attached hydrogen (secondary N) is 4. The molecule has 103 heavy (non-hydrogen) atoms. The second-order valence-corrected chi connectivity index (χ2v) is 35.5. The highest BCUT2D eigenvalue weighted by Crippen LogP contribution is 2.49. The molecule has 0 saturated heterocycles. The van der Waals surface area contributed by atoms with Crippen LogP contribution >= 0.6 is 55.4 Å². The van der Waals surface area contributed by atoms with Gasteiger partial charge >= 0.3 is 8.32 Å². The van der Waals surface area contributed by atoms with Crippen LogP contribution in [-0.4, -0.2) is 143 Å². The lowest BCUT2D eigenvalue weighted by molar-refractivity contribution is -0.124. The second-order valence-electron chi connectivity index (χ2n) is 24.2. The average Bonchev–Trinajstić information content (AvgIpc) is 0.741. The first-order valence-electron chi connectivity index (χ1n) is 33.0. The number of methoxy groups -OCH3 is 1. The summed E-state index contributed by atoms with van der Waals surface area (Å²) in [6, 6.07) is 61.2. The Morgan fingerprint density at radius 1 is 0.592 bits per heavy atom. The van der Waals surface area contributed by atoms with Crippen molar-refractivity contribution in [2.75, 3.05) is 59.2 Å². The van der Waals surface area contributed by atoms with Crippen LogP contribution in [0.15, 0.2) is 204 Å². The van der Waals surface area contributed by atoms with E-state index < -0.39 is 45.2 Å². The molecule has 0 unspecified atom stereocenters. The number of alkyl halides is 2. The van der Waals surface area contributed by atoms with Crippen molar-refractivity contribution in [1.82, 2.24) is 40.3 Å². The number of amides is 2. The van der Waals surface area contributed by atoms with Crippen LogP contribution in [-0.2, 0) is 55.1 Å². The van der Waals surface area contributed by atoms with E-state index in [1.807, 2.05) is 124 Å². The summed E-state index contributed by atoms with van der Waals surface area (Å²) < 4.78 is 65.7. The third-order valence-corrected chi connectivity index (χ3v) is 28.0. The van der Waals surface area contributed by atoms with E-state index in [4.69, 9.17) is 19.9 Å². The van der Waals surface area contributed by atoms with E-state index in [1.54, 1.807) is 43.1 Å². The van der Waals surface area contributed by atoms with Gasteiger partial charge in [0.15, 0.2) is 11.6 Å². The zero-order valence-corrected chi connectivity index (χ0v) is 68.1. The molecule has 20 nitrogen and oxygen atoms in total. The standard InChI is InChI=1S/C28H31BrN2O3SSi.C27H30N2O3S.C18H25N5O5S2.C2H6.CH3Br/c1-28(2,3)36(22-12-8-6-9-13-22,23-14-10-7-11-15-23)34-25-18-19-26(35(32,33)31(4)5)24-17-16-21(20-29)30-27(24)25;1-4-26(31)25(29-28-20(2)30)19-33-27(21-11-7-5-8-12-21,22-13-9-6-10-14-22)23-15-17-24(32-3)18-16-23;1-11(24)21-22-14(16(26)8-19)10-29-9-12-4-5-13-17(30(27,28)23(2)3)7-6-15(25)18(13)20-12;2*1-2/h6-19H,20H2,1-5H3;5-18,25,29H,4,19H2,1-3H3,(H,28,30);4-7,14,22,25H,8-10,19H2,1-3H3,(H,21,24);1-2H3;1H3/t;25-;14-;;/m.00../s1. The molecular weight excluding hydrogens is 1530 g/mol. The third kappa shape index (κ3) is 21.9. The molecule has 0 aliphatic rings. The number of phenols is 1. The van der Waals surface area contributed by atoms with Crippen LogP contribution in [0.2, 0.25) is 5.04 Å². The summed E-state index contributed by atoms with van der Waals surface area (Å²) >= 11 is 9.48. The Bertz CT molecular complexity index is 4380. The molecule has 27 heteroatoms. The molecule has 2 atom stereocenters. The van der Waals surface area contributed by atoms with Crippen LogP contribution in [0, 0.1) is 0 Å². The lowest BCUT2D eigenvalue weighted by atomic mass is 9.84. The number of phenolic OH excluding ortho intramolecular Hbond substituents is 1. The van der Waals surface area contributed by atoms with Crippen LogP contribution in [0.5, 0.6) is 17.2 Å². The van der Waals surface area contributed by atoms with Gasteiger partial charge in [0.2, 0.25) is 31.9 Å². The van der Waals surface area contributed by atoms with Crippen molar-refractivity contribution in [3.8, 4) is 17.2 Å². The van der Waals surface area contributed by atoms with E-state index in [9.17, 15) is 41.1 Å². The topological polar surface area (TPSA) is 282 Å². The molecule has 2 aromatic heterocycles. The number of rotatable bonds is 28. The largest absolute Gasteiger partial charge is 0.533 e. The maximum absolute atomic E-state index is 13.2. The van der Waals surface area contributed by atoms with E-state index in [0.717, 1.165) is 42.8 Å². The van der Waals surface area contributed by atoms with E-state index in [0.29, 0.717) is 56.7 Å². The molecule has 0 fully saturated rings. The predicted octanol–water partition coefficient (Wildman–Crippen LogP) is 12.0. The number of benzene rings is 7. The van der Waals surface area contributed by atoms with Gasteiger partial charge in [-0.3, -0.25) is 30.0 Å². The van der Waals surface area contributed by atoms with Gasteiger partial charge in [-0.15, -0.1) is 11.8 Å². The number of nitrogens with two attached hydrogens (primary N) is 1. The van der Waals surface area contributed by atoms with Crippen LogP contribution in [0.4, 0.5) is 0 Å². The Balaban J connectivity index is 0.000000272. The van der Waals surface area contributed by atoms with Gasteiger partial charge in [0, 0.05) is 81.8 Å². The Morgan fingerprint density at radius 2 is 1.02 bits per heavy atom. The first-order chi connectivity index (χ1) is 49.1. The van der Waals surface area contributed by atoms with Crippen molar-refractivity contribution >= 4 is 139 Å². The number of hydrogen-bond acceptors (Lipinski definition) is 18.